The van der Waals surface area contributed by atoms with Crippen LogP contribution in [0.1, 0.15) is 25.2 Å². The van der Waals surface area contributed by atoms with E-state index in [0.717, 1.165) is 37.5 Å². The summed E-state index contributed by atoms with van der Waals surface area (Å²) in [5.41, 5.74) is 2.28. The molecule has 1 aromatic carbocycles. The van der Waals surface area contributed by atoms with Crippen LogP contribution in [0.3, 0.4) is 0 Å². The summed E-state index contributed by atoms with van der Waals surface area (Å²) in [5, 5.41) is 4.73. The van der Waals surface area contributed by atoms with Crippen LogP contribution < -0.4 is 5.32 Å². The van der Waals surface area contributed by atoms with Crippen LogP contribution in [0.2, 0.25) is 0 Å². The highest BCUT2D eigenvalue weighted by atomic mass is 16.5. The van der Waals surface area contributed by atoms with Crippen LogP contribution in [0.25, 0.3) is 11.0 Å². The molecule has 1 N–H and O–H groups in total. The topological polar surface area (TPSA) is 34.4 Å². The van der Waals surface area contributed by atoms with Gasteiger partial charge >= 0.3 is 0 Å². The number of fused-ring (bicyclic) bond motifs is 1. The molecule has 3 nitrogen and oxygen atoms in total. The lowest BCUT2D eigenvalue weighted by molar-refractivity contribution is 0.158. The lowest BCUT2D eigenvalue weighted by Gasteiger charge is -2.11. The fraction of sp³-hybridized carbons (Fsp3) is 0.500. The van der Waals surface area contributed by atoms with Gasteiger partial charge < -0.3 is 14.5 Å². The maximum Gasteiger partial charge on any atom is 0.134 e. The van der Waals surface area contributed by atoms with Gasteiger partial charge in [0, 0.05) is 44.2 Å². The van der Waals surface area contributed by atoms with Crippen LogP contribution in [0.15, 0.2) is 28.7 Å². The summed E-state index contributed by atoms with van der Waals surface area (Å²) in [6.45, 7) is 6.92. The normalized spacial score (nSPS) is 13.0. The first kappa shape index (κ1) is 14.1. The van der Waals surface area contributed by atoms with Gasteiger partial charge in [0.05, 0.1) is 0 Å². The zero-order chi connectivity index (χ0) is 13.7. The largest absolute Gasteiger partial charge is 0.461 e. The number of rotatable bonds is 7. The molecule has 0 aliphatic heterocycles. The number of para-hydroxylation sites is 1. The van der Waals surface area contributed by atoms with E-state index in [-0.39, 0.29) is 0 Å². The maximum atomic E-state index is 5.89. The predicted octanol–water partition coefficient (Wildman–Crippen LogP) is 3.37. The molecule has 1 aromatic heterocycles. The molecule has 2 rings (SSSR count). The third-order valence-electron chi connectivity index (χ3n) is 3.35. The molecule has 0 bridgehead atoms. The molecule has 0 amide bonds. The average molecular weight is 261 g/mol. The molecule has 0 fully saturated rings. The van der Waals surface area contributed by atoms with Crippen LogP contribution in [0.5, 0.6) is 0 Å². The van der Waals surface area contributed by atoms with Gasteiger partial charge in [-0.15, -0.1) is 0 Å². The summed E-state index contributed by atoms with van der Waals surface area (Å²) in [6, 6.07) is 8.25. The van der Waals surface area contributed by atoms with Gasteiger partial charge in [0.25, 0.3) is 0 Å². The highest BCUT2D eigenvalue weighted by Gasteiger charge is 2.12. The molecule has 3 heteroatoms. The van der Waals surface area contributed by atoms with E-state index in [2.05, 4.69) is 31.3 Å². The number of furan rings is 1. The van der Waals surface area contributed by atoms with Gasteiger partial charge in [-0.2, -0.15) is 0 Å². The van der Waals surface area contributed by atoms with Gasteiger partial charge in [-0.1, -0.05) is 32.0 Å². The number of benzene rings is 1. The molecular formula is C16H23NO2. The summed E-state index contributed by atoms with van der Waals surface area (Å²) < 4.78 is 11.0. The summed E-state index contributed by atoms with van der Waals surface area (Å²) in [6.07, 6.45) is 0.930. The van der Waals surface area contributed by atoms with Gasteiger partial charge in [0.1, 0.15) is 11.3 Å². The van der Waals surface area contributed by atoms with Crippen molar-refractivity contribution in [2.45, 2.75) is 26.8 Å². The van der Waals surface area contributed by atoms with E-state index in [0.29, 0.717) is 5.92 Å². The van der Waals surface area contributed by atoms with E-state index in [1.807, 2.05) is 12.1 Å². The maximum absolute atomic E-state index is 5.89. The second kappa shape index (κ2) is 6.73. The van der Waals surface area contributed by atoms with Crippen molar-refractivity contribution >= 4 is 11.0 Å². The Morgan fingerprint density at radius 3 is 2.84 bits per heavy atom. The average Bonchev–Trinajstić information content (AvgIpc) is 2.77. The second-order valence-corrected chi connectivity index (χ2v) is 5.04. The van der Waals surface area contributed by atoms with Crippen LogP contribution in [0, 0.1) is 5.92 Å². The Morgan fingerprint density at radius 2 is 2.11 bits per heavy atom. The number of aryl methyl sites for hydroxylation is 1. The van der Waals surface area contributed by atoms with Gasteiger partial charge in [-0.05, 0) is 12.0 Å². The molecule has 0 radical (unpaired) electrons. The highest BCUT2D eigenvalue weighted by Crippen LogP contribution is 2.26. The summed E-state index contributed by atoms with van der Waals surface area (Å²) in [7, 11) is 1.75. The fourth-order valence-electron chi connectivity index (χ4n) is 2.42. The van der Waals surface area contributed by atoms with E-state index >= 15 is 0 Å². The van der Waals surface area contributed by atoms with Crippen molar-refractivity contribution in [1.29, 1.82) is 0 Å². The Hall–Kier alpha value is -1.32. The lowest BCUT2D eigenvalue weighted by atomic mass is 10.1. The van der Waals surface area contributed by atoms with Crippen LogP contribution >= 0.6 is 0 Å². The van der Waals surface area contributed by atoms with Crippen molar-refractivity contribution in [3.63, 3.8) is 0 Å². The molecule has 0 aliphatic carbocycles. The van der Waals surface area contributed by atoms with Crippen LogP contribution in [-0.4, -0.2) is 20.3 Å². The lowest BCUT2D eigenvalue weighted by Crippen LogP contribution is -2.23. The van der Waals surface area contributed by atoms with Crippen molar-refractivity contribution in [2.75, 3.05) is 20.3 Å². The van der Waals surface area contributed by atoms with Gasteiger partial charge in [0.2, 0.25) is 0 Å². The predicted molar refractivity (Wildman–Crippen MR) is 78.3 cm³/mol. The SMILES string of the molecule is CCc1oc2ccccc2c1CNCC(C)COC. The third kappa shape index (κ3) is 3.37. The minimum Gasteiger partial charge on any atom is -0.461 e. The zero-order valence-electron chi connectivity index (χ0n) is 12.0. The van der Waals surface area contributed by atoms with Crippen LogP contribution in [0.4, 0.5) is 0 Å². The Morgan fingerprint density at radius 1 is 1.32 bits per heavy atom. The Kier molecular flexibility index (Phi) is 5.00. The number of hydrogen-bond acceptors (Lipinski definition) is 3. The van der Waals surface area contributed by atoms with Crippen LogP contribution in [-0.2, 0) is 17.7 Å². The number of ether oxygens (including phenoxy) is 1. The Balaban J connectivity index is 2.06. The van der Waals surface area contributed by atoms with Crippen molar-refractivity contribution in [2.24, 2.45) is 5.92 Å². The van der Waals surface area contributed by atoms with Gasteiger partial charge in [-0.25, -0.2) is 0 Å². The molecule has 0 saturated heterocycles. The first-order valence-electron chi connectivity index (χ1n) is 6.95. The van der Waals surface area contributed by atoms with Crippen molar-refractivity contribution in [1.82, 2.24) is 5.32 Å². The number of methoxy groups -OCH3 is 1. The standard InChI is InChI=1S/C16H23NO2/c1-4-15-14(10-17-9-12(2)11-18-3)13-7-5-6-8-16(13)19-15/h5-8,12,17H,4,9-11H2,1-3H3. The molecule has 104 valence electrons. The minimum absolute atomic E-state index is 0.522. The molecule has 0 aliphatic rings. The summed E-state index contributed by atoms with van der Waals surface area (Å²) in [4.78, 5) is 0. The van der Waals surface area contributed by atoms with E-state index in [1.54, 1.807) is 7.11 Å². The summed E-state index contributed by atoms with van der Waals surface area (Å²) in [5.74, 6) is 1.61. The third-order valence-corrected chi connectivity index (χ3v) is 3.35. The quantitative estimate of drug-likeness (QED) is 0.830. The summed E-state index contributed by atoms with van der Waals surface area (Å²) >= 11 is 0. The van der Waals surface area contributed by atoms with E-state index in [9.17, 15) is 0 Å². The Bertz CT molecular complexity index is 518. The molecule has 2 aromatic rings. The molecule has 0 spiro atoms. The highest BCUT2D eigenvalue weighted by molar-refractivity contribution is 5.82. The monoisotopic (exact) mass is 261 g/mol. The molecule has 1 unspecified atom stereocenters. The van der Waals surface area contributed by atoms with E-state index in [1.165, 1.54) is 10.9 Å². The van der Waals surface area contributed by atoms with Crippen molar-refractivity contribution in [3.05, 3.63) is 35.6 Å². The molecule has 1 heterocycles. The minimum atomic E-state index is 0.522. The first-order chi connectivity index (χ1) is 9.26. The Labute approximate surface area is 114 Å². The molecule has 19 heavy (non-hydrogen) atoms. The van der Waals surface area contributed by atoms with E-state index in [4.69, 9.17) is 9.15 Å². The number of nitrogens with one attached hydrogen (secondary N) is 1. The van der Waals surface area contributed by atoms with Gasteiger partial charge in [-0.3, -0.25) is 0 Å². The van der Waals surface area contributed by atoms with Crippen molar-refractivity contribution in [3.8, 4) is 0 Å². The zero-order valence-corrected chi connectivity index (χ0v) is 12.0. The fourth-order valence-corrected chi connectivity index (χ4v) is 2.42. The van der Waals surface area contributed by atoms with E-state index < -0.39 is 0 Å². The molecule has 1 atom stereocenters. The number of hydrogen-bond donors (Lipinski definition) is 1. The van der Waals surface area contributed by atoms with Gasteiger partial charge in [0.15, 0.2) is 0 Å². The van der Waals surface area contributed by atoms with Crippen molar-refractivity contribution < 1.29 is 9.15 Å². The second-order valence-electron chi connectivity index (χ2n) is 5.04. The molecule has 0 saturated carbocycles. The molecular weight excluding hydrogens is 238 g/mol. The first-order valence-corrected chi connectivity index (χ1v) is 6.95. The smallest absolute Gasteiger partial charge is 0.134 e.